The van der Waals surface area contributed by atoms with Gasteiger partial charge in [-0.1, -0.05) is 6.08 Å². The summed E-state index contributed by atoms with van der Waals surface area (Å²) in [7, 11) is 1.62. The molecule has 0 saturated carbocycles. The molecule has 1 aromatic rings. The van der Waals surface area contributed by atoms with E-state index in [0.717, 1.165) is 43.9 Å². The lowest BCUT2D eigenvalue weighted by Crippen LogP contribution is -2.45. The van der Waals surface area contributed by atoms with Gasteiger partial charge in [0.2, 0.25) is 0 Å². The lowest BCUT2D eigenvalue weighted by atomic mass is 10.00. The second-order valence-corrected chi connectivity index (χ2v) is 4.71. The fourth-order valence-corrected chi connectivity index (χ4v) is 2.59. The zero-order valence-electron chi connectivity index (χ0n) is 11.8. The van der Waals surface area contributed by atoms with Crippen molar-refractivity contribution in [2.75, 3.05) is 33.3 Å². The number of ether oxygens (including phenoxy) is 1. The molecule has 0 spiro atoms. The largest absolute Gasteiger partial charge is 0.496 e. The summed E-state index contributed by atoms with van der Waals surface area (Å²) in [6.45, 7) is 7.66. The molecule has 0 amide bonds. The summed E-state index contributed by atoms with van der Waals surface area (Å²) in [6.07, 6.45) is 2.68. The molecule has 5 heteroatoms. The maximum atomic E-state index is 13.5. The SMILES string of the molecule is C=CC[C@@H](c1cc(F)ccc1OC)N1CCNCC1.Cl. The Hall–Kier alpha value is -1.10. The van der Waals surface area contributed by atoms with Gasteiger partial charge in [-0.25, -0.2) is 4.39 Å². The Kier molecular flexibility index (Phi) is 6.99. The van der Waals surface area contributed by atoms with Gasteiger partial charge >= 0.3 is 0 Å². The van der Waals surface area contributed by atoms with Gasteiger partial charge in [0.1, 0.15) is 11.6 Å². The van der Waals surface area contributed by atoms with E-state index in [1.54, 1.807) is 19.2 Å². The third kappa shape index (κ3) is 3.95. The van der Waals surface area contributed by atoms with Gasteiger partial charge < -0.3 is 10.1 Å². The van der Waals surface area contributed by atoms with E-state index >= 15 is 0 Å². The summed E-state index contributed by atoms with van der Waals surface area (Å²) < 4.78 is 18.9. The summed E-state index contributed by atoms with van der Waals surface area (Å²) >= 11 is 0. The molecule has 0 aromatic heterocycles. The number of halogens is 2. The van der Waals surface area contributed by atoms with E-state index in [-0.39, 0.29) is 24.3 Å². The van der Waals surface area contributed by atoms with Crippen LogP contribution < -0.4 is 10.1 Å². The monoisotopic (exact) mass is 300 g/mol. The summed E-state index contributed by atoms with van der Waals surface area (Å²) in [6, 6.07) is 4.84. The van der Waals surface area contributed by atoms with Crippen molar-refractivity contribution < 1.29 is 9.13 Å². The summed E-state index contributed by atoms with van der Waals surface area (Å²) in [5.41, 5.74) is 0.907. The van der Waals surface area contributed by atoms with Gasteiger partial charge in [-0.15, -0.1) is 19.0 Å². The molecular weight excluding hydrogens is 279 g/mol. The molecule has 1 N–H and O–H groups in total. The van der Waals surface area contributed by atoms with Crippen molar-refractivity contribution in [3.63, 3.8) is 0 Å². The van der Waals surface area contributed by atoms with Crippen molar-refractivity contribution in [3.8, 4) is 5.75 Å². The highest BCUT2D eigenvalue weighted by molar-refractivity contribution is 5.85. The van der Waals surface area contributed by atoms with Crippen LogP contribution in [0, 0.1) is 5.82 Å². The molecule has 0 bridgehead atoms. The van der Waals surface area contributed by atoms with E-state index in [0.29, 0.717) is 0 Å². The van der Waals surface area contributed by atoms with Gasteiger partial charge in [-0.3, -0.25) is 4.90 Å². The maximum Gasteiger partial charge on any atom is 0.123 e. The normalized spacial score (nSPS) is 17.1. The molecule has 0 radical (unpaired) electrons. The van der Waals surface area contributed by atoms with E-state index < -0.39 is 0 Å². The van der Waals surface area contributed by atoms with Gasteiger partial charge in [0.05, 0.1) is 7.11 Å². The molecule has 1 saturated heterocycles. The first-order valence-corrected chi connectivity index (χ1v) is 6.65. The van der Waals surface area contributed by atoms with Crippen LogP contribution in [0.5, 0.6) is 5.75 Å². The van der Waals surface area contributed by atoms with E-state index in [2.05, 4.69) is 16.8 Å². The first-order chi connectivity index (χ1) is 9.26. The topological polar surface area (TPSA) is 24.5 Å². The van der Waals surface area contributed by atoms with E-state index in [1.807, 2.05) is 6.08 Å². The van der Waals surface area contributed by atoms with Crippen molar-refractivity contribution in [2.45, 2.75) is 12.5 Å². The van der Waals surface area contributed by atoms with Crippen LogP contribution in [-0.4, -0.2) is 38.2 Å². The minimum absolute atomic E-state index is 0. The molecular formula is C15H22ClFN2O. The zero-order chi connectivity index (χ0) is 13.7. The van der Waals surface area contributed by atoms with Crippen molar-refractivity contribution in [1.29, 1.82) is 0 Å². The molecule has 1 heterocycles. The second kappa shape index (κ2) is 8.25. The number of rotatable bonds is 5. The Morgan fingerprint density at radius 2 is 2.15 bits per heavy atom. The van der Waals surface area contributed by atoms with Crippen molar-refractivity contribution in [1.82, 2.24) is 10.2 Å². The molecule has 0 unspecified atom stereocenters. The lowest BCUT2D eigenvalue weighted by molar-refractivity contribution is 0.171. The highest BCUT2D eigenvalue weighted by Crippen LogP contribution is 2.32. The maximum absolute atomic E-state index is 13.5. The highest BCUT2D eigenvalue weighted by Gasteiger charge is 2.24. The second-order valence-electron chi connectivity index (χ2n) is 4.71. The third-order valence-electron chi connectivity index (χ3n) is 3.53. The number of benzene rings is 1. The molecule has 1 fully saturated rings. The summed E-state index contributed by atoms with van der Waals surface area (Å²) in [5, 5.41) is 3.33. The first-order valence-electron chi connectivity index (χ1n) is 6.65. The molecule has 112 valence electrons. The Bertz CT molecular complexity index is 436. The van der Waals surface area contributed by atoms with E-state index in [9.17, 15) is 4.39 Å². The van der Waals surface area contributed by atoms with E-state index in [4.69, 9.17) is 4.74 Å². The predicted molar refractivity (Wildman–Crippen MR) is 82.2 cm³/mol. The quantitative estimate of drug-likeness (QED) is 0.846. The molecule has 1 aromatic carbocycles. The number of hydrogen-bond donors (Lipinski definition) is 1. The minimum Gasteiger partial charge on any atom is -0.496 e. The van der Waals surface area contributed by atoms with E-state index in [1.165, 1.54) is 6.07 Å². The molecule has 1 atom stereocenters. The smallest absolute Gasteiger partial charge is 0.123 e. The average molecular weight is 301 g/mol. The number of piperazine rings is 1. The predicted octanol–water partition coefficient (Wildman–Crippen LogP) is 2.78. The minimum atomic E-state index is -0.222. The van der Waals surface area contributed by atoms with Crippen molar-refractivity contribution in [2.24, 2.45) is 0 Å². The van der Waals surface area contributed by atoms with Crippen molar-refractivity contribution in [3.05, 3.63) is 42.2 Å². The number of methoxy groups -OCH3 is 1. The molecule has 2 rings (SSSR count). The Morgan fingerprint density at radius 3 is 2.75 bits per heavy atom. The zero-order valence-corrected chi connectivity index (χ0v) is 12.6. The van der Waals surface area contributed by atoms with Gasteiger partial charge in [0, 0.05) is 37.8 Å². The highest BCUT2D eigenvalue weighted by atomic mass is 35.5. The molecule has 0 aliphatic carbocycles. The standard InChI is InChI=1S/C15H21FN2O.ClH/c1-3-4-14(18-9-7-17-8-10-18)13-11-12(16)5-6-15(13)19-2;/h3,5-6,11,14,17H,1,4,7-10H2,2H3;1H/t14-;/m0./s1. The lowest BCUT2D eigenvalue weighted by Gasteiger charge is -2.35. The number of nitrogens with one attached hydrogen (secondary N) is 1. The van der Waals surface area contributed by atoms with Crippen LogP contribution in [0.1, 0.15) is 18.0 Å². The van der Waals surface area contributed by atoms with Crippen LogP contribution in [0.4, 0.5) is 4.39 Å². The van der Waals surface area contributed by atoms with Crippen LogP contribution in [0.2, 0.25) is 0 Å². The molecule has 1 aliphatic rings. The van der Waals surface area contributed by atoms with Crippen LogP contribution in [0.15, 0.2) is 30.9 Å². The Labute approximate surface area is 126 Å². The fraction of sp³-hybridized carbons (Fsp3) is 0.467. The fourth-order valence-electron chi connectivity index (χ4n) is 2.59. The van der Waals surface area contributed by atoms with Gasteiger partial charge in [-0.2, -0.15) is 0 Å². The van der Waals surface area contributed by atoms with Crippen LogP contribution in [0.3, 0.4) is 0 Å². The average Bonchev–Trinajstić information content (AvgIpc) is 2.45. The van der Waals surface area contributed by atoms with Crippen molar-refractivity contribution >= 4 is 12.4 Å². The third-order valence-corrected chi connectivity index (χ3v) is 3.53. The van der Waals surface area contributed by atoms with Crippen LogP contribution in [0.25, 0.3) is 0 Å². The van der Waals surface area contributed by atoms with Crippen LogP contribution >= 0.6 is 12.4 Å². The van der Waals surface area contributed by atoms with Gasteiger partial charge in [-0.05, 0) is 24.6 Å². The first kappa shape index (κ1) is 17.0. The number of hydrogen-bond acceptors (Lipinski definition) is 3. The molecule has 20 heavy (non-hydrogen) atoms. The molecule has 3 nitrogen and oxygen atoms in total. The number of nitrogens with zero attached hydrogens (tertiary/aromatic N) is 1. The van der Waals surface area contributed by atoms with Gasteiger partial charge in [0.25, 0.3) is 0 Å². The summed E-state index contributed by atoms with van der Waals surface area (Å²) in [5.74, 6) is 0.520. The van der Waals surface area contributed by atoms with Gasteiger partial charge in [0.15, 0.2) is 0 Å². The Balaban J connectivity index is 0.00000200. The Morgan fingerprint density at radius 1 is 1.45 bits per heavy atom. The van der Waals surface area contributed by atoms with Crippen LogP contribution in [-0.2, 0) is 0 Å². The molecule has 1 aliphatic heterocycles. The summed E-state index contributed by atoms with van der Waals surface area (Å²) in [4.78, 5) is 2.36.